The van der Waals surface area contributed by atoms with E-state index in [1.165, 1.54) is 25.0 Å². The predicted octanol–water partition coefficient (Wildman–Crippen LogP) is 2.28. The van der Waals surface area contributed by atoms with Crippen LogP contribution in [0.5, 0.6) is 0 Å². The summed E-state index contributed by atoms with van der Waals surface area (Å²) in [5.74, 6) is 0. The highest BCUT2D eigenvalue weighted by Crippen LogP contribution is 2.27. The first-order valence-electron chi connectivity index (χ1n) is 7.79. The maximum Gasteiger partial charge on any atom is 0.270 e. The second kappa shape index (κ2) is 7.27. The van der Waals surface area contributed by atoms with Gasteiger partial charge in [0.1, 0.15) is 0 Å². The van der Waals surface area contributed by atoms with E-state index in [0.717, 1.165) is 31.8 Å². The van der Waals surface area contributed by atoms with Crippen LogP contribution in [0.1, 0.15) is 26.2 Å². The summed E-state index contributed by atoms with van der Waals surface area (Å²) in [4.78, 5) is 12.6. The Balaban J connectivity index is 2.20. The number of piperidine rings is 1. The Kier molecular flexibility index (Phi) is 5.59. The van der Waals surface area contributed by atoms with Crippen LogP contribution >= 0.6 is 0 Å². The molecule has 8 heteroatoms. The van der Waals surface area contributed by atoms with Gasteiger partial charge in [0.05, 0.1) is 15.5 Å². The number of non-ortho nitro benzene ring substituents is 1. The van der Waals surface area contributed by atoms with Crippen LogP contribution in [0.4, 0.5) is 11.4 Å². The zero-order valence-electron chi connectivity index (χ0n) is 13.5. The number of anilines is 1. The Morgan fingerprint density at radius 2 is 2.13 bits per heavy atom. The molecule has 1 N–H and O–H groups in total. The molecule has 7 nitrogen and oxygen atoms in total. The summed E-state index contributed by atoms with van der Waals surface area (Å²) >= 11 is 0. The number of sulfone groups is 1. The molecule has 0 amide bonds. The number of benzene rings is 1. The van der Waals surface area contributed by atoms with Crippen molar-refractivity contribution in [2.45, 2.75) is 37.1 Å². The van der Waals surface area contributed by atoms with Crippen molar-refractivity contribution >= 4 is 21.2 Å². The number of rotatable bonds is 6. The van der Waals surface area contributed by atoms with Crippen LogP contribution < -0.4 is 5.32 Å². The van der Waals surface area contributed by atoms with Gasteiger partial charge >= 0.3 is 0 Å². The smallest absolute Gasteiger partial charge is 0.270 e. The van der Waals surface area contributed by atoms with Crippen LogP contribution in [0.15, 0.2) is 23.1 Å². The molecule has 1 atom stereocenters. The predicted molar refractivity (Wildman–Crippen MR) is 89.6 cm³/mol. The third-order valence-electron chi connectivity index (χ3n) is 4.26. The highest BCUT2D eigenvalue weighted by Gasteiger charge is 2.23. The molecule has 0 bridgehead atoms. The zero-order valence-corrected chi connectivity index (χ0v) is 14.3. The third-order valence-corrected chi connectivity index (χ3v) is 5.40. The van der Waals surface area contributed by atoms with Crippen LogP contribution in [0.2, 0.25) is 0 Å². The van der Waals surface area contributed by atoms with Gasteiger partial charge in [0.25, 0.3) is 5.69 Å². The summed E-state index contributed by atoms with van der Waals surface area (Å²) in [5, 5.41) is 14.0. The second-order valence-corrected chi connectivity index (χ2v) is 7.85. The molecule has 128 valence electrons. The van der Waals surface area contributed by atoms with Gasteiger partial charge < -0.3 is 5.32 Å². The van der Waals surface area contributed by atoms with E-state index in [-0.39, 0.29) is 10.6 Å². The lowest BCUT2D eigenvalue weighted by Gasteiger charge is -2.35. The molecule has 0 aliphatic carbocycles. The molecule has 23 heavy (non-hydrogen) atoms. The molecule has 0 spiro atoms. The fraction of sp³-hybridized carbons (Fsp3) is 0.600. The topological polar surface area (TPSA) is 92.5 Å². The third kappa shape index (κ3) is 4.42. The first-order chi connectivity index (χ1) is 10.8. The van der Waals surface area contributed by atoms with Crippen LogP contribution in [-0.4, -0.2) is 50.2 Å². The fourth-order valence-corrected chi connectivity index (χ4v) is 3.89. The minimum Gasteiger partial charge on any atom is -0.382 e. The van der Waals surface area contributed by atoms with Gasteiger partial charge in [-0.2, -0.15) is 0 Å². The SMILES string of the molecule is CCN1CCCCC1CNc1ccc([N+](=O)[O-])cc1S(C)(=O)=O. The fourth-order valence-electron chi connectivity index (χ4n) is 3.01. The van der Waals surface area contributed by atoms with Gasteiger partial charge in [-0.1, -0.05) is 13.3 Å². The maximum atomic E-state index is 11.9. The van der Waals surface area contributed by atoms with E-state index in [0.29, 0.717) is 18.3 Å². The number of hydrogen-bond donors (Lipinski definition) is 1. The average molecular weight is 341 g/mol. The van der Waals surface area contributed by atoms with Crippen LogP contribution in [0.3, 0.4) is 0 Å². The molecule has 1 aromatic carbocycles. The van der Waals surface area contributed by atoms with Crippen molar-refractivity contribution in [1.29, 1.82) is 0 Å². The van der Waals surface area contributed by atoms with Crippen LogP contribution in [0.25, 0.3) is 0 Å². The molecule has 0 radical (unpaired) electrons. The van der Waals surface area contributed by atoms with E-state index in [2.05, 4.69) is 17.1 Å². The van der Waals surface area contributed by atoms with Crippen molar-refractivity contribution in [2.24, 2.45) is 0 Å². The Morgan fingerprint density at radius 1 is 1.39 bits per heavy atom. The van der Waals surface area contributed by atoms with Crippen molar-refractivity contribution < 1.29 is 13.3 Å². The largest absolute Gasteiger partial charge is 0.382 e. The Bertz CT molecular complexity index is 675. The molecule has 1 fully saturated rings. The van der Waals surface area contributed by atoms with Crippen molar-refractivity contribution in [3.63, 3.8) is 0 Å². The summed E-state index contributed by atoms with van der Waals surface area (Å²) < 4.78 is 23.9. The molecule has 1 aliphatic heterocycles. The van der Waals surface area contributed by atoms with Crippen LogP contribution in [-0.2, 0) is 9.84 Å². The van der Waals surface area contributed by atoms with Gasteiger partial charge in [-0.05, 0) is 32.0 Å². The molecule has 0 aromatic heterocycles. The standard InChI is InChI=1S/C15H23N3O4S/c1-3-17-9-5-4-6-13(17)11-16-14-8-7-12(18(19)20)10-15(14)23(2,21)22/h7-8,10,13,16H,3-6,9,11H2,1-2H3. The highest BCUT2D eigenvalue weighted by atomic mass is 32.2. The Morgan fingerprint density at radius 3 is 2.74 bits per heavy atom. The van der Waals surface area contributed by atoms with Crippen molar-refractivity contribution in [3.8, 4) is 0 Å². The normalized spacial score (nSPS) is 19.5. The molecule has 1 heterocycles. The second-order valence-electron chi connectivity index (χ2n) is 5.87. The van der Waals surface area contributed by atoms with E-state index in [1.54, 1.807) is 0 Å². The van der Waals surface area contributed by atoms with Gasteiger partial charge in [-0.15, -0.1) is 0 Å². The van der Waals surface area contributed by atoms with E-state index in [9.17, 15) is 18.5 Å². The molecule has 0 saturated carbocycles. The summed E-state index contributed by atoms with van der Waals surface area (Å²) in [6.45, 7) is 4.77. The van der Waals surface area contributed by atoms with Gasteiger partial charge in [0, 0.05) is 31.0 Å². The number of nitro groups is 1. The van der Waals surface area contributed by atoms with E-state index in [4.69, 9.17) is 0 Å². The van der Waals surface area contributed by atoms with Crippen molar-refractivity contribution in [2.75, 3.05) is 31.2 Å². The molecular formula is C15H23N3O4S. The first-order valence-corrected chi connectivity index (χ1v) is 9.68. The number of nitrogens with one attached hydrogen (secondary N) is 1. The lowest BCUT2D eigenvalue weighted by Crippen LogP contribution is -2.43. The molecule has 1 saturated heterocycles. The summed E-state index contributed by atoms with van der Waals surface area (Å²) in [5.41, 5.74) is 0.212. The quantitative estimate of drug-likeness (QED) is 0.630. The molecule has 1 unspecified atom stereocenters. The Hall–Kier alpha value is -1.67. The number of likely N-dealkylation sites (tertiary alicyclic amines) is 1. The lowest BCUT2D eigenvalue weighted by molar-refractivity contribution is -0.385. The van der Waals surface area contributed by atoms with Gasteiger partial charge in [-0.3, -0.25) is 15.0 Å². The van der Waals surface area contributed by atoms with E-state index < -0.39 is 14.8 Å². The monoisotopic (exact) mass is 341 g/mol. The van der Waals surface area contributed by atoms with Gasteiger partial charge in [0.2, 0.25) is 0 Å². The van der Waals surface area contributed by atoms with Gasteiger partial charge in [-0.25, -0.2) is 8.42 Å². The molecule has 1 aliphatic rings. The minimum atomic E-state index is -3.54. The molecule has 1 aromatic rings. The summed E-state index contributed by atoms with van der Waals surface area (Å²) in [7, 11) is -3.54. The highest BCUT2D eigenvalue weighted by molar-refractivity contribution is 7.90. The number of nitrogens with zero attached hydrogens (tertiary/aromatic N) is 2. The van der Waals surface area contributed by atoms with Crippen molar-refractivity contribution in [1.82, 2.24) is 4.90 Å². The molecule has 2 rings (SSSR count). The minimum absolute atomic E-state index is 0.0226. The number of nitro benzene ring substituents is 1. The number of likely N-dealkylation sites (N-methyl/N-ethyl adjacent to an activating group) is 1. The lowest BCUT2D eigenvalue weighted by atomic mass is 10.0. The van der Waals surface area contributed by atoms with Gasteiger partial charge in [0.15, 0.2) is 9.84 Å². The van der Waals surface area contributed by atoms with Crippen LogP contribution in [0, 0.1) is 10.1 Å². The van der Waals surface area contributed by atoms with Crippen molar-refractivity contribution in [3.05, 3.63) is 28.3 Å². The summed E-state index contributed by atoms with van der Waals surface area (Å²) in [6, 6.07) is 4.29. The summed E-state index contributed by atoms with van der Waals surface area (Å²) in [6.07, 6.45) is 4.50. The van der Waals surface area contributed by atoms with E-state index in [1.807, 2.05) is 0 Å². The maximum absolute atomic E-state index is 11.9. The number of hydrogen-bond acceptors (Lipinski definition) is 6. The Labute approximate surface area is 136 Å². The first kappa shape index (κ1) is 17.7. The molecular weight excluding hydrogens is 318 g/mol. The average Bonchev–Trinajstić information content (AvgIpc) is 2.52. The van der Waals surface area contributed by atoms with E-state index >= 15 is 0 Å². The zero-order chi connectivity index (χ0) is 17.0.